The van der Waals surface area contributed by atoms with Crippen LogP contribution in [0.15, 0.2) is 41.8 Å². The molecule has 0 aliphatic carbocycles. The van der Waals surface area contributed by atoms with Gasteiger partial charge in [0, 0.05) is 48.9 Å². The third-order valence-electron chi connectivity index (χ3n) is 3.78. The van der Waals surface area contributed by atoms with Crippen LogP contribution in [0.25, 0.3) is 0 Å². The lowest BCUT2D eigenvalue weighted by Gasteiger charge is -2.34. The van der Waals surface area contributed by atoms with Crippen molar-refractivity contribution in [3.05, 3.63) is 52.2 Å². The van der Waals surface area contributed by atoms with E-state index in [-0.39, 0.29) is 5.91 Å². The van der Waals surface area contributed by atoms with Gasteiger partial charge in [-0.3, -0.25) is 9.69 Å². The standard InChI is InChI=1S/C16H19N3OS/c17-14-5-3-13(4-6-14)16(20)19-9-7-18(8-10-19)12-15-2-1-11-21-15/h1-6,11H,7-10,12,17H2. The molecule has 110 valence electrons. The number of hydrogen-bond acceptors (Lipinski definition) is 4. The molecule has 0 spiro atoms. The van der Waals surface area contributed by atoms with Crippen molar-refractivity contribution < 1.29 is 4.79 Å². The smallest absolute Gasteiger partial charge is 0.253 e. The molecule has 1 aliphatic heterocycles. The molecular weight excluding hydrogens is 282 g/mol. The summed E-state index contributed by atoms with van der Waals surface area (Å²) in [6.07, 6.45) is 0. The van der Waals surface area contributed by atoms with Gasteiger partial charge in [0.05, 0.1) is 0 Å². The highest BCUT2D eigenvalue weighted by Gasteiger charge is 2.22. The number of piperazine rings is 1. The van der Waals surface area contributed by atoms with Gasteiger partial charge in [0.15, 0.2) is 0 Å². The average molecular weight is 301 g/mol. The van der Waals surface area contributed by atoms with Crippen molar-refractivity contribution >= 4 is 22.9 Å². The lowest BCUT2D eigenvalue weighted by atomic mass is 10.1. The molecule has 3 rings (SSSR count). The first-order valence-corrected chi connectivity index (χ1v) is 8.00. The molecule has 0 radical (unpaired) electrons. The number of anilines is 1. The second-order valence-corrected chi connectivity index (χ2v) is 6.30. The summed E-state index contributed by atoms with van der Waals surface area (Å²) in [6.45, 7) is 4.42. The second-order valence-electron chi connectivity index (χ2n) is 5.27. The number of nitrogens with two attached hydrogens (primary N) is 1. The number of carbonyl (C=O) groups excluding carboxylic acids is 1. The quantitative estimate of drug-likeness (QED) is 0.885. The minimum Gasteiger partial charge on any atom is -0.399 e. The largest absolute Gasteiger partial charge is 0.399 e. The molecule has 2 aromatic rings. The Hall–Kier alpha value is -1.85. The Morgan fingerprint density at radius 2 is 1.81 bits per heavy atom. The number of benzene rings is 1. The number of amides is 1. The first kappa shape index (κ1) is 14.1. The molecule has 4 nitrogen and oxygen atoms in total. The van der Waals surface area contributed by atoms with Gasteiger partial charge in [-0.1, -0.05) is 6.07 Å². The van der Waals surface area contributed by atoms with Gasteiger partial charge in [-0.15, -0.1) is 11.3 Å². The van der Waals surface area contributed by atoms with Crippen LogP contribution in [0.2, 0.25) is 0 Å². The van der Waals surface area contributed by atoms with E-state index in [0.717, 1.165) is 38.3 Å². The van der Waals surface area contributed by atoms with Crippen LogP contribution < -0.4 is 5.73 Å². The molecule has 0 unspecified atom stereocenters. The second kappa shape index (κ2) is 6.28. The number of nitrogen functional groups attached to an aromatic ring is 1. The lowest BCUT2D eigenvalue weighted by Crippen LogP contribution is -2.48. The third-order valence-corrected chi connectivity index (χ3v) is 4.64. The summed E-state index contributed by atoms with van der Waals surface area (Å²) in [5.41, 5.74) is 7.06. The number of nitrogens with zero attached hydrogens (tertiary/aromatic N) is 2. The van der Waals surface area contributed by atoms with Crippen LogP contribution >= 0.6 is 11.3 Å². The Kier molecular flexibility index (Phi) is 4.22. The molecule has 1 aromatic heterocycles. The molecule has 1 aliphatic rings. The van der Waals surface area contributed by atoms with E-state index in [1.807, 2.05) is 4.90 Å². The van der Waals surface area contributed by atoms with Crippen molar-refractivity contribution in [2.75, 3.05) is 31.9 Å². The van der Waals surface area contributed by atoms with E-state index in [1.165, 1.54) is 4.88 Å². The van der Waals surface area contributed by atoms with E-state index in [2.05, 4.69) is 22.4 Å². The summed E-state index contributed by atoms with van der Waals surface area (Å²) in [5, 5.41) is 2.11. The SMILES string of the molecule is Nc1ccc(C(=O)N2CCN(Cc3cccs3)CC2)cc1. The molecule has 2 N–H and O–H groups in total. The Morgan fingerprint density at radius 1 is 1.10 bits per heavy atom. The summed E-state index contributed by atoms with van der Waals surface area (Å²) >= 11 is 1.79. The van der Waals surface area contributed by atoms with Crippen molar-refractivity contribution in [2.24, 2.45) is 0 Å². The highest BCUT2D eigenvalue weighted by molar-refractivity contribution is 7.09. The molecular formula is C16H19N3OS. The van der Waals surface area contributed by atoms with Crippen LogP contribution in [0, 0.1) is 0 Å². The van der Waals surface area contributed by atoms with Gasteiger partial charge in [0.1, 0.15) is 0 Å². The Labute approximate surface area is 128 Å². The van der Waals surface area contributed by atoms with Crippen LogP contribution in [-0.2, 0) is 6.54 Å². The highest BCUT2D eigenvalue weighted by atomic mass is 32.1. The van der Waals surface area contributed by atoms with Crippen LogP contribution in [0.3, 0.4) is 0 Å². The summed E-state index contributed by atoms with van der Waals surface area (Å²) in [6, 6.07) is 11.4. The average Bonchev–Trinajstić information content (AvgIpc) is 3.01. The maximum atomic E-state index is 12.4. The van der Waals surface area contributed by atoms with Crippen molar-refractivity contribution in [1.29, 1.82) is 0 Å². The molecule has 2 heterocycles. The van der Waals surface area contributed by atoms with Crippen LogP contribution in [-0.4, -0.2) is 41.9 Å². The van der Waals surface area contributed by atoms with Gasteiger partial charge in [0.25, 0.3) is 5.91 Å². The summed E-state index contributed by atoms with van der Waals surface area (Å²) in [7, 11) is 0. The van der Waals surface area contributed by atoms with Gasteiger partial charge in [-0.2, -0.15) is 0 Å². The van der Waals surface area contributed by atoms with Crippen LogP contribution in [0.5, 0.6) is 0 Å². The maximum absolute atomic E-state index is 12.4. The molecule has 0 atom stereocenters. The summed E-state index contributed by atoms with van der Waals surface area (Å²) in [4.78, 5) is 18.1. The zero-order valence-corrected chi connectivity index (χ0v) is 12.7. The molecule has 1 amide bonds. The van der Waals surface area contributed by atoms with Gasteiger partial charge < -0.3 is 10.6 Å². The normalized spacial score (nSPS) is 16.1. The Morgan fingerprint density at radius 3 is 2.43 bits per heavy atom. The molecule has 1 fully saturated rings. The summed E-state index contributed by atoms with van der Waals surface area (Å²) in [5.74, 6) is 0.103. The Bertz CT molecular complexity index is 586. The number of rotatable bonds is 3. The zero-order valence-electron chi connectivity index (χ0n) is 11.9. The number of carbonyl (C=O) groups is 1. The van der Waals surface area contributed by atoms with E-state index in [0.29, 0.717) is 5.69 Å². The van der Waals surface area contributed by atoms with E-state index in [4.69, 9.17) is 5.73 Å². The van der Waals surface area contributed by atoms with Crippen molar-refractivity contribution in [1.82, 2.24) is 9.80 Å². The van der Waals surface area contributed by atoms with Crippen LogP contribution in [0.4, 0.5) is 5.69 Å². The van der Waals surface area contributed by atoms with E-state index < -0.39 is 0 Å². The van der Waals surface area contributed by atoms with Gasteiger partial charge in [0.2, 0.25) is 0 Å². The van der Waals surface area contributed by atoms with E-state index in [1.54, 1.807) is 35.6 Å². The van der Waals surface area contributed by atoms with Crippen LogP contribution in [0.1, 0.15) is 15.2 Å². The fraction of sp³-hybridized carbons (Fsp3) is 0.312. The predicted octanol–water partition coefficient (Wildman–Crippen LogP) is 2.29. The van der Waals surface area contributed by atoms with Crippen molar-refractivity contribution in [2.45, 2.75) is 6.54 Å². The monoisotopic (exact) mass is 301 g/mol. The maximum Gasteiger partial charge on any atom is 0.253 e. The van der Waals surface area contributed by atoms with Crippen molar-refractivity contribution in [3.63, 3.8) is 0 Å². The molecule has 1 saturated heterocycles. The molecule has 5 heteroatoms. The topological polar surface area (TPSA) is 49.6 Å². The van der Waals surface area contributed by atoms with Crippen molar-refractivity contribution in [3.8, 4) is 0 Å². The lowest BCUT2D eigenvalue weighted by molar-refractivity contribution is 0.0629. The summed E-state index contributed by atoms with van der Waals surface area (Å²) < 4.78 is 0. The fourth-order valence-corrected chi connectivity index (χ4v) is 3.29. The molecule has 21 heavy (non-hydrogen) atoms. The molecule has 1 aromatic carbocycles. The number of hydrogen-bond donors (Lipinski definition) is 1. The first-order valence-electron chi connectivity index (χ1n) is 7.12. The zero-order chi connectivity index (χ0) is 14.7. The molecule has 0 saturated carbocycles. The molecule has 0 bridgehead atoms. The first-order chi connectivity index (χ1) is 10.2. The third kappa shape index (κ3) is 3.43. The van der Waals surface area contributed by atoms with E-state index in [9.17, 15) is 4.79 Å². The highest BCUT2D eigenvalue weighted by Crippen LogP contribution is 2.15. The van der Waals surface area contributed by atoms with Gasteiger partial charge in [-0.25, -0.2) is 0 Å². The number of thiophene rings is 1. The van der Waals surface area contributed by atoms with Gasteiger partial charge in [-0.05, 0) is 35.7 Å². The fourth-order valence-electron chi connectivity index (χ4n) is 2.54. The predicted molar refractivity (Wildman–Crippen MR) is 86.4 cm³/mol. The Balaban J connectivity index is 1.55. The minimum atomic E-state index is 0.103. The minimum absolute atomic E-state index is 0.103. The van der Waals surface area contributed by atoms with E-state index >= 15 is 0 Å². The van der Waals surface area contributed by atoms with Gasteiger partial charge >= 0.3 is 0 Å².